The number of hydrogen-bond donors (Lipinski definition) is 2. The molecule has 0 fully saturated rings. The van der Waals surface area contributed by atoms with Crippen LogP contribution in [0.15, 0.2) is 12.2 Å². The van der Waals surface area contributed by atoms with Crippen LogP contribution in [0.5, 0.6) is 0 Å². The third-order valence-electron chi connectivity index (χ3n) is 5.13. The van der Waals surface area contributed by atoms with Gasteiger partial charge in [0.05, 0.1) is 24.5 Å². The van der Waals surface area contributed by atoms with Crippen LogP contribution >= 0.6 is 11.3 Å². The highest BCUT2D eigenvalue weighted by Crippen LogP contribution is 2.39. The first-order chi connectivity index (χ1) is 12.5. The van der Waals surface area contributed by atoms with E-state index in [-0.39, 0.29) is 5.91 Å². The molecule has 2 N–H and O–H groups in total. The Morgan fingerprint density at radius 3 is 2.50 bits per heavy atom. The average molecular weight is 377 g/mol. The number of carboxylic acids is 1. The van der Waals surface area contributed by atoms with Gasteiger partial charge in [-0.25, -0.2) is 4.79 Å². The van der Waals surface area contributed by atoms with Crippen LogP contribution in [0.2, 0.25) is 0 Å². The number of amides is 1. The van der Waals surface area contributed by atoms with Crippen LogP contribution in [0, 0.1) is 11.8 Å². The van der Waals surface area contributed by atoms with E-state index in [0.29, 0.717) is 23.4 Å². The summed E-state index contributed by atoms with van der Waals surface area (Å²) in [6.07, 6.45) is 9.27. The molecule has 0 radical (unpaired) electrons. The maximum absolute atomic E-state index is 12.8. The molecule has 3 rings (SSSR count). The molecule has 140 valence electrons. The molecule has 1 aromatic heterocycles. The van der Waals surface area contributed by atoms with E-state index in [1.54, 1.807) is 6.08 Å². The predicted octanol–water partition coefficient (Wildman–Crippen LogP) is 3.41. The molecule has 7 heteroatoms. The largest absolute Gasteiger partial charge is 0.481 e. The molecule has 2 aliphatic carbocycles. The topological polar surface area (TPSA) is 92.7 Å². The number of aryl methyl sites for hydroxylation is 1. The molecule has 0 saturated heterocycles. The van der Waals surface area contributed by atoms with Crippen molar-refractivity contribution in [3.8, 4) is 0 Å². The van der Waals surface area contributed by atoms with Crippen LogP contribution in [0.3, 0.4) is 0 Å². The van der Waals surface area contributed by atoms with Crippen molar-refractivity contribution in [2.45, 2.75) is 44.9 Å². The SMILES string of the molecule is COC(=O)c1c(NC(=O)[C@@H]2CC=CC[C@@H]2C(=O)O)sc2c1CCCCC2. The summed E-state index contributed by atoms with van der Waals surface area (Å²) in [6.45, 7) is 0. The number of esters is 1. The van der Waals surface area contributed by atoms with E-state index in [2.05, 4.69) is 5.32 Å². The molecule has 1 aromatic rings. The molecule has 1 amide bonds. The summed E-state index contributed by atoms with van der Waals surface area (Å²) in [6, 6.07) is 0. The number of carboxylic acid groups (broad SMARTS) is 1. The zero-order chi connectivity index (χ0) is 18.7. The van der Waals surface area contributed by atoms with Crippen LogP contribution in [0.4, 0.5) is 5.00 Å². The minimum atomic E-state index is -0.968. The van der Waals surface area contributed by atoms with Crippen molar-refractivity contribution >= 4 is 34.2 Å². The van der Waals surface area contributed by atoms with Gasteiger partial charge in [0.2, 0.25) is 5.91 Å². The third kappa shape index (κ3) is 3.67. The Balaban J connectivity index is 1.89. The standard InChI is InChI=1S/C19H23NO5S/c1-25-19(24)15-13-9-3-2-4-10-14(13)26-17(15)20-16(21)11-7-5-6-8-12(11)18(22)23/h5-6,11-12H,2-4,7-10H2,1H3,(H,20,21)(H,22,23)/t11-,12+/m1/s1. The number of nitrogens with one attached hydrogen (secondary N) is 1. The number of fused-ring (bicyclic) bond motifs is 1. The van der Waals surface area contributed by atoms with Crippen LogP contribution in [0.25, 0.3) is 0 Å². The van der Waals surface area contributed by atoms with E-state index in [9.17, 15) is 19.5 Å². The summed E-state index contributed by atoms with van der Waals surface area (Å²) < 4.78 is 4.94. The van der Waals surface area contributed by atoms with Gasteiger partial charge in [0.25, 0.3) is 0 Å². The van der Waals surface area contributed by atoms with E-state index >= 15 is 0 Å². The summed E-state index contributed by atoms with van der Waals surface area (Å²) in [5, 5.41) is 12.7. The maximum Gasteiger partial charge on any atom is 0.341 e. The summed E-state index contributed by atoms with van der Waals surface area (Å²) in [7, 11) is 1.33. The molecule has 26 heavy (non-hydrogen) atoms. The maximum atomic E-state index is 12.8. The quantitative estimate of drug-likeness (QED) is 0.476. The Hall–Kier alpha value is -2.15. The van der Waals surface area contributed by atoms with Crippen LogP contribution in [0.1, 0.15) is 52.9 Å². The lowest BCUT2D eigenvalue weighted by molar-refractivity contribution is -0.146. The molecule has 1 heterocycles. The van der Waals surface area contributed by atoms with Crippen molar-refractivity contribution in [2.24, 2.45) is 11.8 Å². The number of thiophene rings is 1. The average Bonchev–Trinajstić information content (AvgIpc) is 2.81. The van der Waals surface area contributed by atoms with Gasteiger partial charge >= 0.3 is 11.9 Å². The van der Waals surface area contributed by atoms with Gasteiger partial charge in [-0.3, -0.25) is 9.59 Å². The predicted molar refractivity (Wildman–Crippen MR) is 98.5 cm³/mol. The van der Waals surface area contributed by atoms with E-state index < -0.39 is 23.8 Å². The third-order valence-corrected chi connectivity index (χ3v) is 6.34. The van der Waals surface area contributed by atoms with Crippen molar-refractivity contribution in [1.29, 1.82) is 0 Å². The van der Waals surface area contributed by atoms with Gasteiger partial charge in [0.1, 0.15) is 5.00 Å². The summed E-state index contributed by atoms with van der Waals surface area (Å²) in [5.74, 6) is -3.13. The highest BCUT2D eigenvalue weighted by atomic mass is 32.1. The van der Waals surface area contributed by atoms with Gasteiger partial charge in [-0.05, 0) is 44.1 Å². The van der Waals surface area contributed by atoms with Crippen LogP contribution < -0.4 is 5.32 Å². The molecule has 0 spiro atoms. The summed E-state index contributed by atoms with van der Waals surface area (Å²) >= 11 is 1.42. The first-order valence-corrected chi connectivity index (χ1v) is 9.76. The van der Waals surface area contributed by atoms with Crippen LogP contribution in [-0.2, 0) is 27.2 Å². The summed E-state index contributed by atoms with van der Waals surface area (Å²) in [4.78, 5) is 37.7. The molecule has 0 saturated carbocycles. The molecular weight excluding hydrogens is 354 g/mol. The second-order valence-corrected chi connectivity index (χ2v) is 7.85. The zero-order valence-electron chi connectivity index (χ0n) is 14.7. The molecular formula is C19H23NO5S. The molecule has 0 bridgehead atoms. The minimum absolute atomic E-state index is 0.344. The van der Waals surface area contributed by atoms with Gasteiger partial charge in [-0.1, -0.05) is 18.6 Å². The first kappa shape index (κ1) is 18.6. The second-order valence-electron chi connectivity index (χ2n) is 6.74. The van der Waals surface area contributed by atoms with E-state index in [4.69, 9.17) is 4.74 Å². The number of allylic oxidation sites excluding steroid dienone is 2. The fourth-order valence-electron chi connectivity index (χ4n) is 3.73. The second kappa shape index (κ2) is 8.03. The monoisotopic (exact) mass is 377 g/mol. The van der Waals surface area contributed by atoms with E-state index in [1.165, 1.54) is 18.4 Å². The fourth-order valence-corrected chi connectivity index (χ4v) is 5.01. The van der Waals surface area contributed by atoms with Gasteiger partial charge in [0.15, 0.2) is 0 Å². The lowest BCUT2D eigenvalue weighted by Crippen LogP contribution is -2.34. The Labute approximate surface area is 156 Å². The zero-order valence-corrected chi connectivity index (χ0v) is 15.6. The van der Waals surface area contributed by atoms with Crippen molar-refractivity contribution < 1.29 is 24.2 Å². The van der Waals surface area contributed by atoms with E-state index in [1.807, 2.05) is 6.08 Å². The number of carbonyl (C=O) groups excluding carboxylic acids is 2. The number of ether oxygens (including phenoxy) is 1. The van der Waals surface area contributed by atoms with Gasteiger partial charge in [-0.2, -0.15) is 0 Å². The lowest BCUT2D eigenvalue weighted by atomic mass is 9.82. The van der Waals surface area contributed by atoms with Gasteiger partial charge < -0.3 is 15.2 Å². The normalized spacial score (nSPS) is 22.2. The van der Waals surface area contributed by atoms with Gasteiger partial charge in [-0.15, -0.1) is 11.3 Å². The first-order valence-electron chi connectivity index (χ1n) is 8.94. The smallest absolute Gasteiger partial charge is 0.341 e. The minimum Gasteiger partial charge on any atom is -0.481 e. The Bertz CT molecular complexity index is 751. The molecule has 6 nitrogen and oxygen atoms in total. The molecule has 2 aliphatic rings. The number of carbonyl (C=O) groups is 3. The molecule has 2 atom stereocenters. The molecule has 0 unspecified atom stereocenters. The van der Waals surface area contributed by atoms with Crippen molar-refractivity contribution in [3.05, 3.63) is 28.2 Å². The van der Waals surface area contributed by atoms with Crippen LogP contribution in [-0.4, -0.2) is 30.1 Å². The number of aliphatic carboxylic acids is 1. The fraction of sp³-hybridized carbons (Fsp3) is 0.526. The number of methoxy groups -OCH3 is 1. The summed E-state index contributed by atoms with van der Waals surface area (Å²) in [5.41, 5.74) is 1.42. The Kier molecular flexibility index (Phi) is 5.76. The Morgan fingerprint density at radius 2 is 1.81 bits per heavy atom. The van der Waals surface area contributed by atoms with Crippen molar-refractivity contribution in [1.82, 2.24) is 0 Å². The highest BCUT2D eigenvalue weighted by molar-refractivity contribution is 7.17. The van der Waals surface area contributed by atoms with Crippen molar-refractivity contribution in [2.75, 3.05) is 12.4 Å². The molecule has 0 aromatic carbocycles. The number of rotatable bonds is 4. The number of hydrogen-bond acceptors (Lipinski definition) is 5. The van der Waals surface area contributed by atoms with E-state index in [0.717, 1.165) is 42.5 Å². The van der Waals surface area contributed by atoms with Crippen molar-refractivity contribution in [3.63, 3.8) is 0 Å². The lowest BCUT2D eigenvalue weighted by Gasteiger charge is -2.24. The Morgan fingerprint density at radius 1 is 1.12 bits per heavy atom. The van der Waals surface area contributed by atoms with Gasteiger partial charge in [0, 0.05) is 4.88 Å². The molecule has 0 aliphatic heterocycles. The highest BCUT2D eigenvalue weighted by Gasteiger charge is 2.35. The number of anilines is 1.